The van der Waals surface area contributed by atoms with Crippen LogP contribution in [0.4, 0.5) is 14.5 Å². The quantitative estimate of drug-likeness (QED) is 0.801. The summed E-state index contributed by atoms with van der Waals surface area (Å²) in [7, 11) is -3.83. The monoisotopic (exact) mass is 382 g/mol. The standard InChI is InChI=1S/C18H20F2N2O3S/c1-13-3-5-14(6-4-13)12-21-18(23)9-10-22(26(2,24)25)17-8-7-15(19)11-16(17)20/h3-8,11H,9-10,12H2,1-2H3,(H,21,23). The van der Waals surface area contributed by atoms with Crippen LogP contribution in [0.2, 0.25) is 0 Å². The number of amides is 1. The average Bonchev–Trinajstić information content (AvgIpc) is 2.55. The molecule has 5 nitrogen and oxygen atoms in total. The molecule has 0 aliphatic rings. The molecule has 0 radical (unpaired) electrons. The Morgan fingerprint density at radius 3 is 2.35 bits per heavy atom. The van der Waals surface area contributed by atoms with Crippen LogP contribution in [0.5, 0.6) is 0 Å². The summed E-state index contributed by atoms with van der Waals surface area (Å²) in [5.74, 6) is -2.19. The van der Waals surface area contributed by atoms with Crippen molar-refractivity contribution >= 4 is 21.6 Å². The minimum absolute atomic E-state index is 0.157. The second kappa shape index (κ2) is 8.27. The molecule has 140 valence electrons. The maximum Gasteiger partial charge on any atom is 0.232 e. The van der Waals surface area contributed by atoms with E-state index >= 15 is 0 Å². The van der Waals surface area contributed by atoms with E-state index in [9.17, 15) is 22.0 Å². The number of rotatable bonds is 7. The van der Waals surface area contributed by atoms with E-state index in [2.05, 4.69) is 5.32 Å². The Balaban J connectivity index is 2.01. The van der Waals surface area contributed by atoms with Crippen LogP contribution in [0.25, 0.3) is 0 Å². The number of carbonyl (C=O) groups is 1. The van der Waals surface area contributed by atoms with Crippen molar-refractivity contribution in [2.24, 2.45) is 0 Å². The van der Waals surface area contributed by atoms with Crippen molar-refractivity contribution in [2.75, 3.05) is 17.1 Å². The summed E-state index contributed by atoms with van der Waals surface area (Å²) < 4.78 is 51.6. The molecule has 0 aromatic heterocycles. The normalized spacial score (nSPS) is 11.2. The lowest BCUT2D eigenvalue weighted by molar-refractivity contribution is -0.121. The number of nitrogens with zero attached hydrogens (tertiary/aromatic N) is 1. The molecule has 0 bridgehead atoms. The van der Waals surface area contributed by atoms with Crippen molar-refractivity contribution < 1.29 is 22.0 Å². The Labute approximate surface area is 151 Å². The van der Waals surface area contributed by atoms with Crippen molar-refractivity contribution in [1.29, 1.82) is 0 Å². The number of sulfonamides is 1. The highest BCUT2D eigenvalue weighted by molar-refractivity contribution is 7.92. The molecule has 0 spiro atoms. The molecule has 2 aromatic carbocycles. The Hall–Kier alpha value is -2.48. The fourth-order valence-electron chi connectivity index (χ4n) is 2.35. The Bertz CT molecular complexity index is 884. The summed E-state index contributed by atoms with van der Waals surface area (Å²) in [5, 5.41) is 2.69. The van der Waals surface area contributed by atoms with Gasteiger partial charge in [0, 0.05) is 25.6 Å². The van der Waals surface area contributed by atoms with Gasteiger partial charge in [-0.15, -0.1) is 0 Å². The second-order valence-electron chi connectivity index (χ2n) is 5.94. The Morgan fingerprint density at radius 2 is 1.77 bits per heavy atom. The van der Waals surface area contributed by atoms with Crippen molar-refractivity contribution in [3.05, 3.63) is 65.2 Å². The smallest absolute Gasteiger partial charge is 0.232 e. The van der Waals surface area contributed by atoms with Crippen LogP contribution in [-0.2, 0) is 21.4 Å². The summed E-state index contributed by atoms with van der Waals surface area (Å²) in [4.78, 5) is 12.0. The number of benzene rings is 2. The fraction of sp³-hybridized carbons (Fsp3) is 0.278. The van der Waals surface area contributed by atoms with Gasteiger partial charge in [0.05, 0.1) is 11.9 Å². The number of nitrogens with one attached hydrogen (secondary N) is 1. The molecule has 2 aromatic rings. The molecule has 0 unspecified atom stereocenters. The third-order valence-electron chi connectivity index (χ3n) is 3.73. The largest absolute Gasteiger partial charge is 0.352 e. The lowest BCUT2D eigenvalue weighted by Crippen LogP contribution is -2.35. The van der Waals surface area contributed by atoms with Gasteiger partial charge in [0.15, 0.2) is 0 Å². The molecule has 0 saturated carbocycles. The van der Waals surface area contributed by atoms with Gasteiger partial charge in [-0.05, 0) is 24.6 Å². The zero-order valence-electron chi connectivity index (χ0n) is 14.5. The van der Waals surface area contributed by atoms with Gasteiger partial charge in [0.1, 0.15) is 11.6 Å². The van der Waals surface area contributed by atoms with Gasteiger partial charge in [-0.1, -0.05) is 29.8 Å². The van der Waals surface area contributed by atoms with Crippen molar-refractivity contribution in [2.45, 2.75) is 19.9 Å². The maximum absolute atomic E-state index is 13.9. The highest BCUT2D eigenvalue weighted by Gasteiger charge is 2.22. The summed E-state index contributed by atoms with van der Waals surface area (Å²) in [6.07, 6.45) is 0.746. The zero-order valence-corrected chi connectivity index (χ0v) is 15.3. The minimum Gasteiger partial charge on any atom is -0.352 e. The SMILES string of the molecule is Cc1ccc(CNC(=O)CCN(c2ccc(F)cc2F)S(C)(=O)=O)cc1. The fourth-order valence-corrected chi connectivity index (χ4v) is 3.27. The highest BCUT2D eigenvalue weighted by atomic mass is 32.2. The number of hydrogen-bond acceptors (Lipinski definition) is 3. The molecule has 0 fully saturated rings. The lowest BCUT2D eigenvalue weighted by Gasteiger charge is -2.22. The van der Waals surface area contributed by atoms with Gasteiger partial charge >= 0.3 is 0 Å². The van der Waals surface area contributed by atoms with Gasteiger partial charge < -0.3 is 5.32 Å². The predicted octanol–water partition coefficient (Wildman–Crippen LogP) is 2.75. The number of carbonyl (C=O) groups excluding carboxylic acids is 1. The molecular weight excluding hydrogens is 362 g/mol. The third kappa shape index (κ3) is 5.52. The van der Waals surface area contributed by atoms with Crippen molar-refractivity contribution in [3.63, 3.8) is 0 Å². The maximum atomic E-state index is 13.9. The van der Waals surface area contributed by atoms with E-state index in [0.717, 1.165) is 33.8 Å². The summed E-state index contributed by atoms with van der Waals surface area (Å²) in [6.45, 7) is 2.01. The van der Waals surface area contributed by atoms with E-state index in [1.54, 1.807) is 0 Å². The molecule has 26 heavy (non-hydrogen) atoms. The zero-order chi connectivity index (χ0) is 19.3. The van der Waals surface area contributed by atoms with E-state index in [0.29, 0.717) is 12.6 Å². The van der Waals surface area contributed by atoms with Crippen LogP contribution in [-0.4, -0.2) is 27.1 Å². The van der Waals surface area contributed by atoms with Crippen molar-refractivity contribution in [1.82, 2.24) is 5.32 Å². The average molecular weight is 382 g/mol. The van der Waals surface area contributed by atoms with Gasteiger partial charge in [-0.25, -0.2) is 17.2 Å². The van der Waals surface area contributed by atoms with Crippen LogP contribution in [0.1, 0.15) is 17.5 Å². The first-order chi connectivity index (χ1) is 12.2. The van der Waals surface area contributed by atoms with E-state index < -0.39 is 21.7 Å². The Kier molecular flexibility index (Phi) is 6.31. The van der Waals surface area contributed by atoms with Crippen LogP contribution in [0, 0.1) is 18.6 Å². The van der Waals surface area contributed by atoms with Crippen LogP contribution < -0.4 is 9.62 Å². The third-order valence-corrected chi connectivity index (χ3v) is 4.91. The lowest BCUT2D eigenvalue weighted by atomic mass is 10.1. The first-order valence-corrected chi connectivity index (χ1v) is 9.76. The van der Waals surface area contributed by atoms with Crippen LogP contribution >= 0.6 is 0 Å². The topological polar surface area (TPSA) is 66.5 Å². The summed E-state index contributed by atoms with van der Waals surface area (Å²) >= 11 is 0. The van der Waals surface area contributed by atoms with E-state index in [1.165, 1.54) is 0 Å². The van der Waals surface area contributed by atoms with E-state index in [4.69, 9.17) is 0 Å². The molecule has 0 aliphatic carbocycles. The molecule has 0 saturated heterocycles. The van der Waals surface area contributed by atoms with E-state index in [-0.39, 0.29) is 24.6 Å². The Morgan fingerprint density at radius 1 is 1.12 bits per heavy atom. The highest BCUT2D eigenvalue weighted by Crippen LogP contribution is 2.22. The second-order valence-corrected chi connectivity index (χ2v) is 7.85. The molecule has 1 N–H and O–H groups in total. The first kappa shape index (κ1) is 19.8. The number of aryl methyl sites for hydroxylation is 1. The molecule has 0 heterocycles. The summed E-state index contributed by atoms with van der Waals surface area (Å²) in [5.41, 5.74) is 1.72. The summed E-state index contributed by atoms with van der Waals surface area (Å²) in [6, 6.07) is 10.2. The van der Waals surface area contributed by atoms with Crippen molar-refractivity contribution in [3.8, 4) is 0 Å². The molecule has 2 rings (SSSR count). The molecule has 1 amide bonds. The number of halogens is 2. The van der Waals surface area contributed by atoms with Gasteiger partial charge in [-0.2, -0.15) is 0 Å². The van der Waals surface area contributed by atoms with Crippen LogP contribution in [0.15, 0.2) is 42.5 Å². The van der Waals surface area contributed by atoms with Gasteiger partial charge in [0.25, 0.3) is 0 Å². The molecule has 0 aliphatic heterocycles. The molecular formula is C18H20F2N2O3S. The van der Waals surface area contributed by atoms with Gasteiger partial charge in [0.2, 0.25) is 15.9 Å². The number of anilines is 1. The first-order valence-electron chi connectivity index (χ1n) is 7.92. The van der Waals surface area contributed by atoms with Crippen LogP contribution in [0.3, 0.4) is 0 Å². The van der Waals surface area contributed by atoms with Gasteiger partial charge in [-0.3, -0.25) is 9.10 Å². The number of hydrogen-bond donors (Lipinski definition) is 1. The minimum atomic E-state index is -3.83. The van der Waals surface area contributed by atoms with E-state index in [1.807, 2.05) is 31.2 Å². The predicted molar refractivity (Wildman–Crippen MR) is 96.2 cm³/mol. The molecule has 8 heteroatoms. The molecule has 0 atom stereocenters.